The lowest BCUT2D eigenvalue weighted by molar-refractivity contribution is 0.413. The van der Waals surface area contributed by atoms with Gasteiger partial charge < -0.3 is 10.1 Å². The number of nitrogens with zero attached hydrogens (tertiary/aromatic N) is 4. The van der Waals surface area contributed by atoms with Crippen LogP contribution in [0.4, 0.5) is 0 Å². The molecule has 1 atom stereocenters. The van der Waals surface area contributed by atoms with Gasteiger partial charge in [-0.1, -0.05) is 0 Å². The predicted molar refractivity (Wildman–Crippen MR) is 86.9 cm³/mol. The highest BCUT2D eigenvalue weighted by atomic mass is 16.5. The zero-order valence-electron chi connectivity index (χ0n) is 13.7. The van der Waals surface area contributed by atoms with Gasteiger partial charge in [0.1, 0.15) is 11.6 Å². The summed E-state index contributed by atoms with van der Waals surface area (Å²) in [6, 6.07) is 3.62. The lowest BCUT2D eigenvalue weighted by Crippen LogP contribution is -2.31. The van der Waals surface area contributed by atoms with Crippen molar-refractivity contribution >= 4 is 0 Å². The number of piperidine rings is 1. The number of ether oxygens (including phenoxy) is 1. The van der Waals surface area contributed by atoms with Crippen molar-refractivity contribution in [3.05, 3.63) is 40.3 Å². The Morgan fingerprint density at radius 3 is 3.04 bits per heavy atom. The van der Waals surface area contributed by atoms with E-state index < -0.39 is 0 Å². The van der Waals surface area contributed by atoms with Gasteiger partial charge >= 0.3 is 5.69 Å². The second-order valence-electron chi connectivity index (χ2n) is 5.77. The molecule has 0 aromatic carbocycles. The second kappa shape index (κ2) is 6.95. The number of methoxy groups -OCH3 is 1. The van der Waals surface area contributed by atoms with Gasteiger partial charge in [-0.25, -0.2) is 9.48 Å². The minimum absolute atomic E-state index is 0.0716. The summed E-state index contributed by atoms with van der Waals surface area (Å²) in [6.45, 7) is 4.90. The molecule has 124 valence electrons. The lowest BCUT2D eigenvalue weighted by atomic mass is 9.99. The molecule has 23 heavy (non-hydrogen) atoms. The Balaban J connectivity index is 1.90. The van der Waals surface area contributed by atoms with Gasteiger partial charge in [-0.05, 0) is 32.4 Å². The molecular weight excluding hydrogens is 294 g/mol. The number of hydrogen-bond donors (Lipinski definition) is 1. The Labute approximate surface area is 135 Å². The first-order chi connectivity index (χ1) is 11.2. The first kappa shape index (κ1) is 15.7. The number of aromatic nitrogens is 4. The summed E-state index contributed by atoms with van der Waals surface area (Å²) in [7, 11) is 1.62. The molecule has 3 rings (SSSR count). The van der Waals surface area contributed by atoms with Gasteiger partial charge in [-0.2, -0.15) is 5.10 Å². The highest BCUT2D eigenvalue weighted by Gasteiger charge is 2.23. The Bertz CT molecular complexity index is 716. The Morgan fingerprint density at radius 1 is 1.48 bits per heavy atom. The van der Waals surface area contributed by atoms with Crippen LogP contribution in [0.25, 0.3) is 0 Å². The van der Waals surface area contributed by atoms with Gasteiger partial charge in [0, 0.05) is 31.3 Å². The van der Waals surface area contributed by atoms with Crippen LogP contribution in [0.15, 0.2) is 23.1 Å². The first-order valence-electron chi connectivity index (χ1n) is 8.10. The molecular formula is C16H23N5O2. The molecule has 0 amide bonds. The fraction of sp³-hybridized carbons (Fsp3) is 0.562. The molecule has 0 saturated carbocycles. The largest absolute Gasteiger partial charge is 0.497 e. The summed E-state index contributed by atoms with van der Waals surface area (Å²) in [4.78, 5) is 16.9. The van der Waals surface area contributed by atoms with E-state index in [1.165, 1.54) is 4.68 Å². The minimum Gasteiger partial charge on any atom is -0.497 e. The molecule has 1 saturated heterocycles. The van der Waals surface area contributed by atoms with Crippen molar-refractivity contribution in [3.63, 3.8) is 0 Å². The van der Waals surface area contributed by atoms with Crippen LogP contribution in [0.1, 0.15) is 37.2 Å². The van der Waals surface area contributed by atoms with Crippen molar-refractivity contribution in [3.8, 4) is 5.75 Å². The minimum atomic E-state index is -0.0716. The third-order valence-electron chi connectivity index (χ3n) is 4.27. The summed E-state index contributed by atoms with van der Waals surface area (Å²) in [5.74, 6) is 1.91. The summed E-state index contributed by atoms with van der Waals surface area (Å²) in [5.41, 5.74) is 0.693. The zero-order valence-corrected chi connectivity index (χ0v) is 13.7. The maximum Gasteiger partial charge on any atom is 0.346 e. The van der Waals surface area contributed by atoms with Crippen LogP contribution in [0.2, 0.25) is 0 Å². The summed E-state index contributed by atoms with van der Waals surface area (Å²) in [5, 5.41) is 7.99. The molecule has 0 aliphatic carbocycles. The maximum absolute atomic E-state index is 12.6. The molecule has 1 aliphatic heterocycles. The number of hydrogen-bond acceptors (Lipinski definition) is 5. The highest BCUT2D eigenvalue weighted by molar-refractivity contribution is 5.22. The van der Waals surface area contributed by atoms with Crippen LogP contribution in [0.3, 0.4) is 0 Å². The van der Waals surface area contributed by atoms with E-state index >= 15 is 0 Å². The van der Waals surface area contributed by atoms with Gasteiger partial charge in [-0.15, -0.1) is 0 Å². The molecule has 7 nitrogen and oxygen atoms in total. The molecule has 0 radical (unpaired) electrons. The van der Waals surface area contributed by atoms with Crippen LogP contribution in [0, 0.1) is 0 Å². The monoisotopic (exact) mass is 317 g/mol. The van der Waals surface area contributed by atoms with Crippen molar-refractivity contribution in [1.82, 2.24) is 24.6 Å². The Hall–Kier alpha value is -2.15. The van der Waals surface area contributed by atoms with E-state index in [1.807, 2.05) is 13.0 Å². The van der Waals surface area contributed by atoms with Crippen LogP contribution >= 0.6 is 0 Å². The number of rotatable bonds is 5. The number of pyridine rings is 1. The topological polar surface area (TPSA) is 74.0 Å². The molecule has 3 heterocycles. The third kappa shape index (κ3) is 3.29. The van der Waals surface area contributed by atoms with E-state index in [-0.39, 0.29) is 5.69 Å². The molecule has 0 spiro atoms. The first-order valence-corrected chi connectivity index (χ1v) is 8.10. The quantitative estimate of drug-likeness (QED) is 0.890. The molecule has 7 heteroatoms. The van der Waals surface area contributed by atoms with E-state index in [2.05, 4.69) is 15.4 Å². The summed E-state index contributed by atoms with van der Waals surface area (Å²) in [6.07, 6.45) is 3.87. The fourth-order valence-electron chi connectivity index (χ4n) is 3.06. The summed E-state index contributed by atoms with van der Waals surface area (Å²) < 4.78 is 8.49. The maximum atomic E-state index is 12.6. The normalized spacial score (nSPS) is 18.1. The molecule has 1 fully saturated rings. The average molecular weight is 317 g/mol. The smallest absolute Gasteiger partial charge is 0.346 e. The second-order valence-corrected chi connectivity index (χ2v) is 5.77. The molecule has 0 bridgehead atoms. The van der Waals surface area contributed by atoms with Crippen molar-refractivity contribution in [2.75, 3.05) is 20.2 Å². The van der Waals surface area contributed by atoms with Gasteiger partial charge in [0.15, 0.2) is 0 Å². The van der Waals surface area contributed by atoms with Crippen LogP contribution in [-0.2, 0) is 13.1 Å². The van der Waals surface area contributed by atoms with Gasteiger partial charge in [0.2, 0.25) is 0 Å². The summed E-state index contributed by atoms with van der Waals surface area (Å²) >= 11 is 0. The molecule has 1 N–H and O–H groups in total. The average Bonchev–Trinajstić information content (AvgIpc) is 2.91. The van der Waals surface area contributed by atoms with Crippen molar-refractivity contribution in [2.45, 2.75) is 38.8 Å². The molecule has 1 aliphatic rings. The Kier molecular flexibility index (Phi) is 4.76. The van der Waals surface area contributed by atoms with Crippen molar-refractivity contribution in [1.29, 1.82) is 0 Å². The third-order valence-corrected chi connectivity index (χ3v) is 4.27. The fourth-order valence-corrected chi connectivity index (χ4v) is 3.06. The van der Waals surface area contributed by atoms with Crippen molar-refractivity contribution < 1.29 is 4.74 Å². The van der Waals surface area contributed by atoms with Crippen LogP contribution in [0.5, 0.6) is 5.75 Å². The van der Waals surface area contributed by atoms with E-state index in [0.717, 1.165) is 43.2 Å². The van der Waals surface area contributed by atoms with E-state index in [9.17, 15) is 4.79 Å². The highest BCUT2D eigenvalue weighted by Crippen LogP contribution is 2.20. The standard InChI is InChI=1S/C16H23N5O2/c1-3-20-15(12-5-4-7-17-10-12)19-21(16(20)22)11-13-9-14(23-2)6-8-18-13/h6,8-9,12,17H,3-5,7,10-11H2,1-2H3. The van der Waals surface area contributed by atoms with E-state index in [0.29, 0.717) is 19.0 Å². The molecule has 2 aromatic heterocycles. The van der Waals surface area contributed by atoms with Crippen LogP contribution < -0.4 is 15.7 Å². The van der Waals surface area contributed by atoms with E-state index in [4.69, 9.17) is 4.74 Å². The predicted octanol–water partition coefficient (Wildman–Crippen LogP) is 0.984. The zero-order chi connectivity index (χ0) is 16.2. The molecule has 2 aromatic rings. The Morgan fingerprint density at radius 2 is 2.35 bits per heavy atom. The van der Waals surface area contributed by atoms with Gasteiger partial charge in [0.25, 0.3) is 0 Å². The van der Waals surface area contributed by atoms with Gasteiger partial charge in [-0.3, -0.25) is 9.55 Å². The van der Waals surface area contributed by atoms with Gasteiger partial charge in [0.05, 0.1) is 19.3 Å². The SMILES string of the molecule is CCn1c(C2CCCNC2)nn(Cc2cc(OC)ccn2)c1=O. The number of nitrogens with one attached hydrogen (secondary N) is 1. The van der Waals surface area contributed by atoms with E-state index in [1.54, 1.807) is 23.9 Å². The van der Waals surface area contributed by atoms with Crippen LogP contribution in [-0.4, -0.2) is 39.5 Å². The lowest BCUT2D eigenvalue weighted by Gasteiger charge is -2.21. The van der Waals surface area contributed by atoms with Crippen molar-refractivity contribution in [2.24, 2.45) is 0 Å². The molecule has 1 unspecified atom stereocenters.